The van der Waals surface area contributed by atoms with Crippen LogP contribution in [0.25, 0.3) is 17.5 Å². The van der Waals surface area contributed by atoms with E-state index in [0.717, 1.165) is 0 Å². The molecule has 0 saturated heterocycles. The van der Waals surface area contributed by atoms with Crippen LogP contribution in [-0.2, 0) is 9.53 Å². The number of hydrogen-bond acceptors (Lipinski definition) is 8. The van der Waals surface area contributed by atoms with Crippen molar-refractivity contribution in [3.05, 3.63) is 70.1 Å². The van der Waals surface area contributed by atoms with Crippen LogP contribution < -0.4 is 4.74 Å². The van der Waals surface area contributed by atoms with E-state index in [1.54, 1.807) is 37.3 Å². The van der Waals surface area contributed by atoms with Crippen molar-refractivity contribution in [1.82, 2.24) is 10.1 Å². The predicted molar refractivity (Wildman–Crippen MR) is 98.7 cm³/mol. The van der Waals surface area contributed by atoms with Gasteiger partial charge >= 0.3 is 11.7 Å². The Bertz CT molecular complexity index is 1060. The molecule has 0 unspecified atom stereocenters. The number of carbonyl (C=O) groups excluding carboxylic acids is 1. The summed E-state index contributed by atoms with van der Waals surface area (Å²) in [4.78, 5) is 26.2. The number of ether oxygens (including phenoxy) is 2. The highest BCUT2D eigenvalue weighted by Gasteiger charge is 2.17. The maximum absolute atomic E-state index is 11.4. The fourth-order valence-corrected chi connectivity index (χ4v) is 2.34. The number of hydrogen-bond donors (Lipinski definition) is 0. The van der Waals surface area contributed by atoms with Crippen molar-refractivity contribution in [2.45, 2.75) is 6.92 Å². The second-order valence-electron chi connectivity index (χ2n) is 5.61. The number of nitrogens with zero attached hydrogens (tertiary/aromatic N) is 3. The van der Waals surface area contributed by atoms with E-state index in [4.69, 9.17) is 9.26 Å². The molecule has 3 aromatic rings. The number of nitro groups is 1. The molecule has 0 N–H and O–H groups in total. The zero-order chi connectivity index (χ0) is 20.1. The summed E-state index contributed by atoms with van der Waals surface area (Å²) in [5.74, 6) is 0.687. The van der Waals surface area contributed by atoms with Gasteiger partial charge in [-0.25, -0.2) is 4.79 Å². The van der Waals surface area contributed by atoms with Gasteiger partial charge in [0.15, 0.2) is 0 Å². The fourth-order valence-electron chi connectivity index (χ4n) is 2.34. The standard InChI is InChI=1S/C19H15N3O6/c1-12-20-19(21-28-12)14-4-3-5-15(11-14)27-17-8-6-13(7-9-18(23)26-2)10-16(17)22(24)25/h3-11H,1-2H3/b9-7+. The second-order valence-corrected chi connectivity index (χ2v) is 5.61. The smallest absolute Gasteiger partial charge is 0.330 e. The molecular weight excluding hydrogens is 366 g/mol. The predicted octanol–water partition coefficient (Wildman–Crippen LogP) is 3.93. The maximum atomic E-state index is 11.4. The number of methoxy groups -OCH3 is 1. The van der Waals surface area contributed by atoms with Crippen LogP contribution >= 0.6 is 0 Å². The summed E-state index contributed by atoms with van der Waals surface area (Å²) in [6, 6.07) is 11.2. The van der Waals surface area contributed by atoms with Crippen molar-refractivity contribution in [3.8, 4) is 22.9 Å². The van der Waals surface area contributed by atoms with Crippen LogP contribution in [0.3, 0.4) is 0 Å². The molecule has 9 heteroatoms. The largest absolute Gasteiger partial charge is 0.466 e. The number of carbonyl (C=O) groups is 1. The Balaban J connectivity index is 1.88. The summed E-state index contributed by atoms with van der Waals surface area (Å²) >= 11 is 0. The van der Waals surface area contributed by atoms with E-state index in [2.05, 4.69) is 14.9 Å². The first-order valence-electron chi connectivity index (χ1n) is 8.09. The molecule has 0 atom stereocenters. The fraction of sp³-hybridized carbons (Fsp3) is 0.105. The molecule has 0 amide bonds. The van der Waals surface area contributed by atoms with E-state index >= 15 is 0 Å². The topological polar surface area (TPSA) is 118 Å². The molecule has 28 heavy (non-hydrogen) atoms. The molecule has 0 aliphatic rings. The summed E-state index contributed by atoms with van der Waals surface area (Å²) in [6.07, 6.45) is 2.60. The van der Waals surface area contributed by atoms with E-state index in [0.29, 0.717) is 28.6 Å². The Morgan fingerprint density at radius 3 is 2.75 bits per heavy atom. The third-order valence-electron chi connectivity index (χ3n) is 3.64. The van der Waals surface area contributed by atoms with Gasteiger partial charge in [-0.05, 0) is 29.8 Å². The van der Waals surface area contributed by atoms with Gasteiger partial charge in [0.25, 0.3) is 0 Å². The van der Waals surface area contributed by atoms with Crippen LogP contribution in [0.1, 0.15) is 11.5 Å². The zero-order valence-corrected chi connectivity index (χ0v) is 15.0. The molecule has 1 heterocycles. The number of nitro benzene ring substituents is 1. The van der Waals surface area contributed by atoms with Gasteiger partial charge in [0, 0.05) is 24.6 Å². The molecule has 1 aromatic heterocycles. The van der Waals surface area contributed by atoms with E-state index in [9.17, 15) is 14.9 Å². The molecule has 2 aromatic carbocycles. The zero-order valence-electron chi connectivity index (χ0n) is 15.0. The molecule has 0 saturated carbocycles. The first-order chi connectivity index (χ1) is 13.5. The van der Waals surface area contributed by atoms with Gasteiger partial charge in [-0.2, -0.15) is 4.98 Å². The summed E-state index contributed by atoms with van der Waals surface area (Å²) in [5, 5.41) is 15.3. The van der Waals surface area contributed by atoms with Crippen LogP contribution in [0.5, 0.6) is 11.5 Å². The first-order valence-corrected chi connectivity index (χ1v) is 8.09. The first kappa shape index (κ1) is 18.8. The van der Waals surface area contributed by atoms with Crippen molar-refractivity contribution < 1.29 is 23.7 Å². The van der Waals surface area contributed by atoms with Gasteiger partial charge in [0.05, 0.1) is 12.0 Å². The third-order valence-corrected chi connectivity index (χ3v) is 3.64. The molecule has 0 radical (unpaired) electrons. The number of aromatic nitrogens is 2. The Hall–Kier alpha value is -4.01. The normalized spacial score (nSPS) is 10.8. The van der Waals surface area contributed by atoms with Crippen molar-refractivity contribution in [1.29, 1.82) is 0 Å². The number of benzene rings is 2. The number of esters is 1. The van der Waals surface area contributed by atoms with Crippen molar-refractivity contribution in [3.63, 3.8) is 0 Å². The van der Waals surface area contributed by atoms with Crippen LogP contribution in [0.15, 0.2) is 53.1 Å². The van der Waals surface area contributed by atoms with Crippen molar-refractivity contribution >= 4 is 17.7 Å². The van der Waals surface area contributed by atoms with Gasteiger partial charge in [-0.3, -0.25) is 10.1 Å². The van der Waals surface area contributed by atoms with Gasteiger partial charge in [0.2, 0.25) is 17.5 Å². The maximum Gasteiger partial charge on any atom is 0.330 e. The van der Waals surface area contributed by atoms with Gasteiger partial charge in [0.1, 0.15) is 5.75 Å². The van der Waals surface area contributed by atoms with Crippen LogP contribution in [0, 0.1) is 17.0 Å². The summed E-state index contributed by atoms with van der Waals surface area (Å²) in [7, 11) is 1.25. The third kappa shape index (κ3) is 4.39. The van der Waals surface area contributed by atoms with Gasteiger partial charge < -0.3 is 14.0 Å². The van der Waals surface area contributed by atoms with E-state index in [1.165, 1.54) is 31.4 Å². The highest BCUT2D eigenvalue weighted by Crippen LogP contribution is 2.33. The Morgan fingerprint density at radius 1 is 1.25 bits per heavy atom. The highest BCUT2D eigenvalue weighted by molar-refractivity contribution is 5.87. The lowest BCUT2D eigenvalue weighted by Gasteiger charge is -2.08. The minimum Gasteiger partial charge on any atom is -0.466 e. The van der Waals surface area contributed by atoms with E-state index < -0.39 is 10.9 Å². The average molecular weight is 381 g/mol. The molecule has 0 bridgehead atoms. The van der Waals surface area contributed by atoms with Crippen molar-refractivity contribution in [2.24, 2.45) is 0 Å². The molecule has 0 fully saturated rings. The van der Waals surface area contributed by atoms with E-state index in [1.807, 2.05) is 0 Å². The Kier molecular flexibility index (Phi) is 5.45. The molecule has 142 valence electrons. The van der Waals surface area contributed by atoms with Crippen LogP contribution in [-0.4, -0.2) is 28.1 Å². The lowest BCUT2D eigenvalue weighted by Crippen LogP contribution is -1.95. The molecule has 9 nitrogen and oxygen atoms in total. The highest BCUT2D eigenvalue weighted by atomic mass is 16.6. The number of aryl methyl sites for hydroxylation is 1. The quantitative estimate of drug-likeness (QED) is 0.273. The molecular formula is C19H15N3O6. The van der Waals surface area contributed by atoms with Gasteiger partial charge in [-0.15, -0.1) is 0 Å². The average Bonchev–Trinajstić information content (AvgIpc) is 3.13. The summed E-state index contributed by atoms with van der Waals surface area (Å²) < 4.78 is 15.2. The minimum absolute atomic E-state index is 0.0571. The van der Waals surface area contributed by atoms with Gasteiger partial charge in [-0.1, -0.05) is 23.4 Å². The molecule has 3 rings (SSSR count). The summed E-state index contributed by atoms with van der Waals surface area (Å²) in [6.45, 7) is 1.68. The molecule has 0 aliphatic carbocycles. The molecule has 0 spiro atoms. The second kappa shape index (κ2) is 8.12. The van der Waals surface area contributed by atoms with Crippen LogP contribution in [0.2, 0.25) is 0 Å². The monoisotopic (exact) mass is 381 g/mol. The van der Waals surface area contributed by atoms with Crippen molar-refractivity contribution in [2.75, 3.05) is 7.11 Å². The molecule has 0 aliphatic heterocycles. The lowest BCUT2D eigenvalue weighted by atomic mass is 10.1. The van der Waals surface area contributed by atoms with E-state index in [-0.39, 0.29) is 11.4 Å². The summed E-state index contributed by atoms with van der Waals surface area (Å²) in [5.41, 5.74) is 0.864. The SMILES string of the molecule is COC(=O)/C=C/c1ccc(Oc2cccc(-c3noc(C)n3)c2)c([N+](=O)[O-])c1. The number of rotatable bonds is 6. The lowest BCUT2D eigenvalue weighted by molar-refractivity contribution is -0.385. The van der Waals surface area contributed by atoms with Crippen LogP contribution in [0.4, 0.5) is 5.69 Å². The minimum atomic E-state index is -0.559. The Labute approximate surface area is 159 Å². The Morgan fingerprint density at radius 2 is 2.07 bits per heavy atom.